The van der Waals surface area contributed by atoms with Crippen LogP contribution in [0, 0.1) is 3.70 Å². The fraction of sp³-hybridized carbons (Fsp3) is 0.143. The van der Waals surface area contributed by atoms with E-state index in [9.17, 15) is 13.6 Å². The molecule has 0 aliphatic heterocycles. The van der Waals surface area contributed by atoms with Crippen LogP contribution >= 0.6 is 22.6 Å². The molecular formula is C7H4F2INO. The monoisotopic (exact) mass is 283 g/mol. The molecule has 0 amide bonds. The normalized spacial score (nSPS) is 10.3. The van der Waals surface area contributed by atoms with Crippen LogP contribution in [0.1, 0.15) is 22.3 Å². The van der Waals surface area contributed by atoms with Crippen molar-refractivity contribution in [3.05, 3.63) is 27.1 Å². The van der Waals surface area contributed by atoms with E-state index in [4.69, 9.17) is 0 Å². The van der Waals surface area contributed by atoms with Crippen molar-refractivity contribution >= 4 is 28.9 Å². The summed E-state index contributed by atoms with van der Waals surface area (Å²) in [5.74, 6) is 0. The molecule has 64 valence electrons. The highest BCUT2D eigenvalue weighted by Crippen LogP contribution is 2.21. The summed E-state index contributed by atoms with van der Waals surface area (Å²) < 4.78 is 24.8. The summed E-state index contributed by atoms with van der Waals surface area (Å²) in [6.07, 6.45) is -1.21. The highest BCUT2D eigenvalue weighted by atomic mass is 127. The highest BCUT2D eigenvalue weighted by Gasteiger charge is 2.12. The van der Waals surface area contributed by atoms with Gasteiger partial charge < -0.3 is 0 Å². The molecule has 0 fully saturated rings. The van der Waals surface area contributed by atoms with Crippen molar-refractivity contribution in [2.45, 2.75) is 6.43 Å². The molecule has 0 saturated heterocycles. The number of carbonyl (C=O) groups is 1. The Bertz CT molecular complexity index is 303. The Kier molecular flexibility index (Phi) is 3.07. The van der Waals surface area contributed by atoms with Gasteiger partial charge in [-0.3, -0.25) is 4.79 Å². The minimum atomic E-state index is -2.64. The van der Waals surface area contributed by atoms with Crippen LogP contribution in [0.2, 0.25) is 0 Å². The predicted molar refractivity (Wildman–Crippen MR) is 47.3 cm³/mol. The molecule has 0 aliphatic rings. The maximum Gasteiger partial charge on any atom is 0.266 e. The van der Waals surface area contributed by atoms with Crippen LogP contribution in [0.4, 0.5) is 8.78 Å². The number of hydrogen-bond acceptors (Lipinski definition) is 2. The molecule has 1 aromatic rings. The number of aldehydes is 1. The summed E-state index contributed by atoms with van der Waals surface area (Å²) in [5, 5.41) is 0. The lowest BCUT2D eigenvalue weighted by molar-refractivity contribution is 0.110. The number of nitrogens with zero attached hydrogens (tertiary/aromatic N) is 1. The Morgan fingerprint density at radius 3 is 2.75 bits per heavy atom. The standard InChI is InChI=1S/C7H4F2INO/c8-7(9)5-2-11-6(10)1-4(5)3-12/h1-3,7H. The molecule has 12 heavy (non-hydrogen) atoms. The third-order valence-electron chi connectivity index (χ3n) is 1.30. The Hall–Kier alpha value is -0.590. The number of aromatic nitrogens is 1. The summed E-state index contributed by atoms with van der Waals surface area (Å²) in [4.78, 5) is 14.0. The molecule has 2 nitrogen and oxygen atoms in total. The first-order valence-electron chi connectivity index (χ1n) is 3.04. The largest absolute Gasteiger partial charge is 0.298 e. The smallest absolute Gasteiger partial charge is 0.266 e. The zero-order chi connectivity index (χ0) is 9.14. The average Bonchev–Trinajstić information content (AvgIpc) is 2.03. The molecule has 0 saturated carbocycles. The Morgan fingerprint density at radius 2 is 2.25 bits per heavy atom. The van der Waals surface area contributed by atoms with Crippen molar-refractivity contribution < 1.29 is 13.6 Å². The van der Waals surface area contributed by atoms with Gasteiger partial charge in [-0.15, -0.1) is 0 Å². The first-order valence-corrected chi connectivity index (χ1v) is 4.12. The van der Waals surface area contributed by atoms with E-state index in [1.807, 2.05) is 22.6 Å². The summed E-state index contributed by atoms with van der Waals surface area (Å²) in [6, 6.07) is 1.33. The SMILES string of the molecule is O=Cc1cc(I)ncc1C(F)F. The fourth-order valence-corrected chi connectivity index (χ4v) is 1.21. The highest BCUT2D eigenvalue weighted by molar-refractivity contribution is 14.1. The molecule has 0 aromatic carbocycles. The van der Waals surface area contributed by atoms with Gasteiger partial charge in [0.15, 0.2) is 6.29 Å². The van der Waals surface area contributed by atoms with Crippen LogP contribution in [0.5, 0.6) is 0 Å². The summed E-state index contributed by atoms with van der Waals surface area (Å²) in [5.41, 5.74) is -0.310. The van der Waals surface area contributed by atoms with Crippen molar-refractivity contribution in [2.24, 2.45) is 0 Å². The summed E-state index contributed by atoms with van der Waals surface area (Å²) in [6.45, 7) is 0. The molecule has 0 aliphatic carbocycles. The van der Waals surface area contributed by atoms with Crippen LogP contribution < -0.4 is 0 Å². The van der Waals surface area contributed by atoms with Crippen LogP contribution in [-0.4, -0.2) is 11.3 Å². The molecule has 0 atom stereocenters. The second kappa shape index (κ2) is 3.88. The molecule has 1 aromatic heterocycles. The zero-order valence-corrected chi connectivity index (χ0v) is 7.96. The van der Waals surface area contributed by atoms with Gasteiger partial charge in [-0.1, -0.05) is 0 Å². The maximum absolute atomic E-state index is 12.1. The lowest BCUT2D eigenvalue weighted by atomic mass is 10.2. The van der Waals surface area contributed by atoms with Gasteiger partial charge in [0.05, 0.1) is 0 Å². The third kappa shape index (κ3) is 1.96. The molecular weight excluding hydrogens is 279 g/mol. The van der Waals surface area contributed by atoms with Gasteiger partial charge in [0.2, 0.25) is 0 Å². The Balaban J connectivity index is 3.20. The van der Waals surface area contributed by atoms with Gasteiger partial charge >= 0.3 is 0 Å². The Labute approximate surface area is 81.1 Å². The molecule has 0 bridgehead atoms. The number of halogens is 3. The van der Waals surface area contributed by atoms with Crippen molar-refractivity contribution in [3.8, 4) is 0 Å². The van der Waals surface area contributed by atoms with E-state index < -0.39 is 6.43 Å². The van der Waals surface area contributed by atoms with Crippen molar-refractivity contribution in [3.63, 3.8) is 0 Å². The van der Waals surface area contributed by atoms with E-state index in [1.165, 1.54) is 6.07 Å². The van der Waals surface area contributed by atoms with Gasteiger partial charge in [-0.25, -0.2) is 13.8 Å². The van der Waals surface area contributed by atoms with Gasteiger partial charge in [-0.2, -0.15) is 0 Å². The van der Waals surface area contributed by atoms with Crippen LogP contribution in [-0.2, 0) is 0 Å². The van der Waals surface area contributed by atoms with Gasteiger partial charge in [0.1, 0.15) is 3.70 Å². The minimum absolute atomic E-state index is 0.00407. The predicted octanol–water partition coefficient (Wildman–Crippen LogP) is 2.44. The van der Waals surface area contributed by atoms with E-state index >= 15 is 0 Å². The second-order valence-corrected chi connectivity index (χ2v) is 3.16. The molecule has 0 unspecified atom stereocenters. The van der Waals surface area contributed by atoms with Crippen molar-refractivity contribution in [1.82, 2.24) is 4.98 Å². The van der Waals surface area contributed by atoms with Gasteiger partial charge in [0.25, 0.3) is 6.43 Å². The minimum Gasteiger partial charge on any atom is -0.298 e. The number of carbonyl (C=O) groups excluding carboxylic acids is 1. The number of rotatable bonds is 2. The molecule has 5 heteroatoms. The Morgan fingerprint density at radius 1 is 1.58 bits per heavy atom. The van der Waals surface area contributed by atoms with Crippen molar-refractivity contribution in [1.29, 1.82) is 0 Å². The second-order valence-electron chi connectivity index (χ2n) is 2.05. The first-order chi connectivity index (χ1) is 5.65. The van der Waals surface area contributed by atoms with Crippen LogP contribution in [0.15, 0.2) is 12.3 Å². The number of pyridine rings is 1. The topological polar surface area (TPSA) is 30.0 Å². The summed E-state index contributed by atoms with van der Waals surface area (Å²) >= 11 is 1.85. The van der Waals surface area contributed by atoms with E-state index in [1.54, 1.807) is 0 Å². The maximum atomic E-state index is 12.1. The van der Waals surface area contributed by atoms with Gasteiger partial charge in [-0.05, 0) is 28.7 Å². The van der Waals surface area contributed by atoms with E-state index in [0.29, 0.717) is 9.99 Å². The molecule has 1 heterocycles. The quantitative estimate of drug-likeness (QED) is 0.474. The summed E-state index contributed by atoms with van der Waals surface area (Å²) in [7, 11) is 0. The molecule has 0 radical (unpaired) electrons. The lowest BCUT2D eigenvalue weighted by Gasteiger charge is -2.01. The van der Waals surface area contributed by atoms with Crippen LogP contribution in [0.3, 0.4) is 0 Å². The third-order valence-corrected chi connectivity index (χ3v) is 1.89. The van der Waals surface area contributed by atoms with Crippen LogP contribution in [0.25, 0.3) is 0 Å². The van der Waals surface area contributed by atoms with Crippen molar-refractivity contribution in [2.75, 3.05) is 0 Å². The number of alkyl halides is 2. The van der Waals surface area contributed by atoms with Gasteiger partial charge in [0, 0.05) is 17.3 Å². The van der Waals surface area contributed by atoms with E-state index in [0.717, 1.165) is 6.20 Å². The fourth-order valence-electron chi connectivity index (χ4n) is 0.739. The average molecular weight is 283 g/mol. The zero-order valence-electron chi connectivity index (χ0n) is 5.80. The molecule has 1 rings (SSSR count). The molecule has 0 N–H and O–H groups in total. The van der Waals surface area contributed by atoms with E-state index in [-0.39, 0.29) is 11.1 Å². The van der Waals surface area contributed by atoms with E-state index in [2.05, 4.69) is 4.98 Å². The number of hydrogen-bond donors (Lipinski definition) is 0. The molecule has 0 spiro atoms. The lowest BCUT2D eigenvalue weighted by Crippen LogP contribution is -1.95. The first kappa shape index (κ1) is 9.50.